The van der Waals surface area contributed by atoms with Gasteiger partial charge in [0.05, 0.1) is 11.1 Å². The molecule has 1 N–H and O–H groups in total. The molecule has 3 rings (SSSR count). The van der Waals surface area contributed by atoms with Crippen LogP contribution in [0.2, 0.25) is 0 Å². The summed E-state index contributed by atoms with van der Waals surface area (Å²) in [6.45, 7) is 0. The monoisotopic (exact) mass is 291 g/mol. The first-order chi connectivity index (χ1) is 9.95. The highest BCUT2D eigenvalue weighted by Crippen LogP contribution is 2.32. The Hall–Kier alpha value is -2.50. The molecule has 2 heterocycles. The Kier molecular flexibility index (Phi) is 3.08. The molecular weight excluding hydrogens is 279 g/mol. The number of pyridine rings is 1. The average Bonchev–Trinajstić information content (AvgIpc) is 2.81. The van der Waals surface area contributed by atoms with Crippen LogP contribution in [0.15, 0.2) is 48.8 Å². The maximum Gasteiger partial charge on any atom is 0.416 e. The van der Waals surface area contributed by atoms with E-state index in [4.69, 9.17) is 0 Å². The zero-order valence-electron chi connectivity index (χ0n) is 11.1. The van der Waals surface area contributed by atoms with Crippen LogP contribution in [0.5, 0.6) is 0 Å². The number of nitrogens with zero attached hydrogens (tertiary/aromatic N) is 2. The fourth-order valence-corrected chi connectivity index (χ4v) is 2.21. The first kappa shape index (κ1) is 13.5. The average molecular weight is 291 g/mol. The van der Waals surface area contributed by atoms with Crippen molar-refractivity contribution in [2.45, 2.75) is 6.18 Å². The van der Waals surface area contributed by atoms with Gasteiger partial charge in [0.15, 0.2) is 0 Å². The predicted octanol–water partition coefficient (Wildman–Crippen LogP) is 4.34. The first-order valence-electron chi connectivity index (χ1n) is 6.29. The fraction of sp³-hybridized carbons (Fsp3) is 0.133. The lowest BCUT2D eigenvalue weighted by Gasteiger charge is -2.11. The van der Waals surface area contributed by atoms with Crippen LogP contribution in [-0.2, 0) is 13.2 Å². The number of hydrogen-bond acceptors (Lipinski definition) is 2. The summed E-state index contributed by atoms with van der Waals surface area (Å²) >= 11 is 0. The molecule has 0 aliphatic heterocycles. The van der Waals surface area contributed by atoms with E-state index >= 15 is 0 Å². The number of rotatable bonds is 2. The van der Waals surface area contributed by atoms with Gasteiger partial charge in [-0.2, -0.15) is 13.2 Å². The van der Waals surface area contributed by atoms with Gasteiger partial charge >= 0.3 is 6.18 Å². The number of aromatic nitrogens is 2. The normalized spacial score (nSPS) is 11.8. The minimum Gasteiger partial charge on any atom is -0.350 e. The van der Waals surface area contributed by atoms with Gasteiger partial charge in [-0.1, -0.05) is 6.07 Å². The maximum absolute atomic E-state index is 12.7. The van der Waals surface area contributed by atoms with Crippen LogP contribution in [0.1, 0.15) is 5.56 Å². The zero-order valence-corrected chi connectivity index (χ0v) is 11.1. The van der Waals surface area contributed by atoms with Crippen molar-refractivity contribution >= 4 is 22.4 Å². The number of hydrogen-bond donors (Lipinski definition) is 1. The molecule has 0 aliphatic carbocycles. The van der Waals surface area contributed by atoms with E-state index in [2.05, 4.69) is 10.3 Å². The third kappa shape index (κ3) is 2.56. The number of anilines is 2. The quantitative estimate of drug-likeness (QED) is 0.761. The third-order valence-electron chi connectivity index (χ3n) is 3.26. The summed E-state index contributed by atoms with van der Waals surface area (Å²) in [6.07, 6.45) is -0.855. The lowest BCUT2D eigenvalue weighted by Crippen LogP contribution is -2.05. The molecule has 0 spiro atoms. The van der Waals surface area contributed by atoms with Crippen LogP contribution in [0.3, 0.4) is 0 Å². The van der Waals surface area contributed by atoms with Gasteiger partial charge in [-0.15, -0.1) is 0 Å². The molecule has 0 atom stereocenters. The summed E-state index contributed by atoms with van der Waals surface area (Å²) in [5.74, 6) is 0.535. The van der Waals surface area contributed by atoms with E-state index in [9.17, 15) is 13.2 Å². The SMILES string of the molecule is Cn1ccc2c(Nc3cccc(C(F)(F)F)c3)nccc21. The summed E-state index contributed by atoms with van der Waals surface area (Å²) in [6, 6.07) is 8.80. The molecule has 0 fully saturated rings. The number of nitrogens with one attached hydrogen (secondary N) is 1. The van der Waals surface area contributed by atoms with Gasteiger partial charge < -0.3 is 9.88 Å². The van der Waals surface area contributed by atoms with Crippen molar-refractivity contribution in [2.24, 2.45) is 7.05 Å². The van der Waals surface area contributed by atoms with Crippen LogP contribution in [0.25, 0.3) is 10.9 Å². The van der Waals surface area contributed by atoms with Gasteiger partial charge in [0.2, 0.25) is 0 Å². The van der Waals surface area contributed by atoms with E-state index in [1.165, 1.54) is 6.07 Å². The smallest absolute Gasteiger partial charge is 0.350 e. The highest BCUT2D eigenvalue weighted by Gasteiger charge is 2.30. The molecule has 108 valence electrons. The molecule has 0 radical (unpaired) electrons. The van der Waals surface area contributed by atoms with Crippen LogP contribution < -0.4 is 5.32 Å². The maximum atomic E-state index is 12.7. The fourth-order valence-electron chi connectivity index (χ4n) is 2.21. The lowest BCUT2D eigenvalue weighted by atomic mass is 10.2. The molecule has 0 aliphatic rings. The van der Waals surface area contributed by atoms with Crippen molar-refractivity contribution in [3.05, 3.63) is 54.4 Å². The molecule has 0 unspecified atom stereocenters. The standard InChI is InChI=1S/C15H12F3N3/c1-21-8-6-12-13(21)5-7-19-14(12)20-11-4-2-3-10(9-11)15(16,17)18/h2-9H,1H3,(H,19,20). The van der Waals surface area contributed by atoms with Crippen LogP contribution in [0, 0.1) is 0 Å². The Morgan fingerprint density at radius 1 is 1.14 bits per heavy atom. The van der Waals surface area contributed by atoms with Crippen LogP contribution in [0.4, 0.5) is 24.7 Å². The third-order valence-corrected chi connectivity index (χ3v) is 3.26. The Labute approximate surface area is 119 Å². The van der Waals surface area contributed by atoms with Gasteiger partial charge in [0.25, 0.3) is 0 Å². The van der Waals surface area contributed by atoms with Crippen LogP contribution >= 0.6 is 0 Å². The van der Waals surface area contributed by atoms with Crippen molar-refractivity contribution in [1.29, 1.82) is 0 Å². The van der Waals surface area contributed by atoms with Crippen molar-refractivity contribution in [3.63, 3.8) is 0 Å². The zero-order chi connectivity index (χ0) is 15.0. The van der Waals surface area contributed by atoms with E-state index in [0.29, 0.717) is 11.5 Å². The Balaban J connectivity index is 1.99. The second kappa shape index (κ2) is 4.80. The number of fused-ring (bicyclic) bond motifs is 1. The van der Waals surface area contributed by atoms with E-state index in [-0.39, 0.29) is 0 Å². The highest BCUT2D eigenvalue weighted by molar-refractivity contribution is 5.91. The van der Waals surface area contributed by atoms with Crippen molar-refractivity contribution in [2.75, 3.05) is 5.32 Å². The van der Waals surface area contributed by atoms with E-state index in [1.54, 1.807) is 12.3 Å². The Bertz CT molecular complexity index is 790. The van der Waals surface area contributed by atoms with Gasteiger partial charge in [-0.3, -0.25) is 0 Å². The number of alkyl halides is 3. The topological polar surface area (TPSA) is 29.9 Å². The number of aryl methyl sites for hydroxylation is 1. The highest BCUT2D eigenvalue weighted by atomic mass is 19.4. The minimum atomic E-state index is -4.36. The van der Waals surface area contributed by atoms with Gasteiger partial charge in [0.1, 0.15) is 5.82 Å². The van der Waals surface area contributed by atoms with E-state index < -0.39 is 11.7 Å². The molecule has 1 aromatic carbocycles. The summed E-state index contributed by atoms with van der Waals surface area (Å²) in [7, 11) is 1.90. The largest absolute Gasteiger partial charge is 0.416 e. The van der Waals surface area contributed by atoms with Gasteiger partial charge in [-0.25, -0.2) is 4.98 Å². The summed E-state index contributed by atoms with van der Waals surface area (Å²) in [5, 5.41) is 3.81. The lowest BCUT2D eigenvalue weighted by molar-refractivity contribution is -0.137. The molecule has 6 heteroatoms. The molecular formula is C15H12F3N3. The summed E-state index contributed by atoms with van der Waals surface area (Å²) in [4.78, 5) is 4.20. The molecule has 0 bridgehead atoms. The van der Waals surface area contributed by atoms with Crippen molar-refractivity contribution < 1.29 is 13.2 Å². The predicted molar refractivity (Wildman–Crippen MR) is 75.4 cm³/mol. The van der Waals surface area contributed by atoms with Gasteiger partial charge in [-0.05, 0) is 30.3 Å². The molecule has 0 saturated carbocycles. The second-order valence-corrected chi connectivity index (χ2v) is 4.72. The Morgan fingerprint density at radius 3 is 2.71 bits per heavy atom. The minimum absolute atomic E-state index is 0.355. The van der Waals surface area contributed by atoms with E-state index in [0.717, 1.165) is 23.0 Å². The Morgan fingerprint density at radius 2 is 1.95 bits per heavy atom. The summed E-state index contributed by atoms with van der Waals surface area (Å²) < 4.78 is 40.1. The molecule has 3 aromatic rings. The molecule has 3 nitrogen and oxygen atoms in total. The molecule has 21 heavy (non-hydrogen) atoms. The first-order valence-corrected chi connectivity index (χ1v) is 6.29. The molecule has 0 amide bonds. The van der Waals surface area contributed by atoms with Crippen molar-refractivity contribution in [1.82, 2.24) is 9.55 Å². The van der Waals surface area contributed by atoms with Gasteiger partial charge in [0, 0.05) is 30.5 Å². The number of halogens is 3. The van der Waals surface area contributed by atoms with E-state index in [1.807, 2.05) is 29.9 Å². The van der Waals surface area contributed by atoms with Crippen molar-refractivity contribution in [3.8, 4) is 0 Å². The molecule has 0 saturated heterocycles. The summed E-state index contributed by atoms with van der Waals surface area (Å²) in [5.41, 5.74) is 0.626. The second-order valence-electron chi connectivity index (χ2n) is 4.72. The van der Waals surface area contributed by atoms with Crippen LogP contribution in [-0.4, -0.2) is 9.55 Å². The number of benzene rings is 1. The molecule has 2 aromatic heterocycles.